The maximum atomic E-state index is 3.35. The molecule has 0 atom stereocenters. The summed E-state index contributed by atoms with van der Waals surface area (Å²) in [5.74, 6) is 0. The minimum absolute atomic E-state index is 1.25. The van der Waals surface area contributed by atoms with Gasteiger partial charge in [-0.05, 0) is 38.3 Å². The van der Waals surface area contributed by atoms with Crippen molar-refractivity contribution in [2.75, 3.05) is 0 Å². The number of H-pyrrole nitrogens is 1. The van der Waals surface area contributed by atoms with Crippen LogP contribution in [0.3, 0.4) is 0 Å². The Hall–Kier alpha value is -0.720. The molecule has 0 spiro atoms. The molecule has 0 saturated heterocycles. The molecule has 0 saturated carbocycles. The van der Waals surface area contributed by atoms with Gasteiger partial charge in [0.25, 0.3) is 0 Å². The van der Waals surface area contributed by atoms with E-state index in [1.807, 2.05) is 0 Å². The average molecular weight is 179 g/mol. The van der Waals surface area contributed by atoms with Crippen LogP contribution in [0.25, 0.3) is 0 Å². The van der Waals surface area contributed by atoms with Crippen LogP contribution in [0.4, 0.5) is 0 Å². The highest BCUT2D eigenvalue weighted by Gasteiger charge is 2.00. The molecule has 0 radical (unpaired) electrons. The third kappa shape index (κ3) is 3.25. The number of aromatic nitrogens is 1. The number of hydrogen-bond donors (Lipinski definition) is 1. The maximum Gasteiger partial charge on any atom is 0.0150 e. The van der Waals surface area contributed by atoms with Gasteiger partial charge in [0.15, 0.2) is 0 Å². The van der Waals surface area contributed by atoms with E-state index in [1.165, 1.54) is 49.1 Å². The van der Waals surface area contributed by atoms with E-state index in [0.29, 0.717) is 0 Å². The van der Waals surface area contributed by atoms with Gasteiger partial charge in [-0.2, -0.15) is 0 Å². The van der Waals surface area contributed by atoms with E-state index in [-0.39, 0.29) is 0 Å². The van der Waals surface area contributed by atoms with Crippen molar-refractivity contribution in [3.8, 4) is 0 Å². The molecule has 1 heterocycles. The van der Waals surface area contributed by atoms with Crippen molar-refractivity contribution in [3.63, 3.8) is 0 Å². The standard InChI is InChI=1S/C12H21N/c1-4-5-6-7-8-12-9-10(2)13-11(12)3/h9,13H,4-8H2,1-3H3. The molecule has 0 aromatic carbocycles. The molecular formula is C12H21N. The number of nitrogens with one attached hydrogen (secondary N) is 1. The summed E-state index contributed by atoms with van der Waals surface area (Å²) in [7, 11) is 0. The van der Waals surface area contributed by atoms with E-state index >= 15 is 0 Å². The van der Waals surface area contributed by atoms with Crippen LogP contribution in [-0.2, 0) is 6.42 Å². The first-order valence-electron chi connectivity index (χ1n) is 5.39. The van der Waals surface area contributed by atoms with Gasteiger partial charge in [0.2, 0.25) is 0 Å². The lowest BCUT2D eigenvalue weighted by Gasteiger charge is -1.99. The Morgan fingerprint density at radius 1 is 1.15 bits per heavy atom. The highest BCUT2D eigenvalue weighted by Crippen LogP contribution is 2.13. The Morgan fingerprint density at radius 2 is 1.92 bits per heavy atom. The van der Waals surface area contributed by atoms with E-state index < -0.39 is 0 Å². The molecule has 1 nitrogen and oxygen atoms in total. The average Bonchev–Trinajstić information content (AvgIpc) is 2.39. The summed E-state index contributed by atoms with van der Waals surface area (Å²) in [6.07, 6.45) is 6.66. The third-order valence-electron chi connectivity index (χ3n) is 2.56. The normalized spacial score (nSPS) is 10.7. The van der Waals surface area contributed by atoms with E-state index in [2.05, 4.69) is 31.8 Å². The van der Waals surface area contributed by atoms with Crippen molar-refractivity contribution in [3.05, 3.63) is 23.0 Å². The van der Waals surface area contributed by atoms with Crippen molar-refractivity contribution in [2.45, 2.75) is 52.9 Å². The SMILES string of the molecule is CCCCCCc1cc(C)[nH]c1C. The second kappa shape index (κ2) is 5.11. The second-order valence-electron chi connectivity index (χ2n) is 3.91. The predicted octanol–water partition coefficient (Wildman–Crippen LogP) is 3.75. The lowest BCUT2D eigenvalue weighted by atomic mass is 10.1. The summed E-state index contributed by atoms with van der Waals surface area (Å²) in [5.41, 5.74) is 4.16. The predicted molar refractivity (Wildman–Crippen MR) is 58.1 cm³/mol. The first-order valence-corrected chi connectivity index (χ1v) is 5.39. The van der Waals surface area contributed by atoms with Gasteiger partial charge >= 0.3 is 0 Å². The van der Waals surface area contributed by atoms with Crippen molar-refractivity contribution >= 4 is 0 Å². The van der Waals surface area contributed by atoms with Crippen LogP contribution in [0.5, 0.6) is 0 Å². The van der Waals surface area contributed by atoms with Gasteiger partial charge in [-0.15, -0.1) is 0 Å². The minimum Gasteiger partial charge on any atom is -0.362 e. The largest absolute Gasteiger partial charge is 0.362 e. The zero-order chi connectivity index (χ0) is 9.68. The molecule has 1 aromatic heterocycles. The first-order chi connectivity index (χ1) is 6.24. The van der Waals surface area contributed by atoms with Crippen LogP contribution >= 0.6 is 0 Å². The third-order valence-corrected chi connectivity index (χ3v) is 2.56. The molecule has 1 N–H and O–H groups in total. The number of aryl methyl sites for hydroxylation is 3. The van der Waals surface area contributed by atoms with E-state index in [4.69, 9.17) is 0 Å². The molecule has 1 rings (SSSR count). The van der Waals surface area contributed by atoms with Gasteiger partial charge in [-0.1, -0.05) is 26.2 Å². The Morgan fingerprint density at radius 3 is 2.46 bits per heavy atom. The molecule has 1 heteroatoms. The molecular weight excluding hydrogens is 158 g/mol. The van der Waals surface area contributed by atoms with Gasteiger partial charge in [-0.25, -0.2) is 0 Å². The first kappa shape index (κ1) is 10.4. The smallest absolute Gasteiger partial charge is 0.0150 e. The second-order valence-corrected chi connectivity index (χ2v) is 3.91. The Bertz CT molecular complexity index is 248. The highest BCUT2D eigenvalue weighted by molar-refractivity contribution is 5.24. The lowest BCUT2D eigenvalue weighted by molar-refractivity contribution is 0.666. The summed E-state index contributed by atoms with van der Waals surface area (Å²) >= 11 is 0. The quantitative estimate of drug-likeness (QED) is 0.662. The van der Waals surface area contributed by atoms with Crippen LogP contribution in [0.15, 0.2) is 6.07 Å². The molecule has 0 aliphatic rings. The van der Waals surface area contributed by atoms with Crippen LogP contribution in [0.2, 0.25) is 0 Å². The van der Waals surface area contributed by atoms with Crippen LogP contribution < -0.4 is 0 Å². The number of aromatic amines is 1. The van der Waals surface area contributed by atoms with Gasteiger partial charge in [0.05, 0.1) is 0 Å². The van der Waals surface area contributed by atoms with Crippen molar-refractivity contribution in [1.82, 2.24) is 4.98 Å². The van der Waals surface area contributed by atoms with E-state index in [9.17, 15) is 0 Å². The van der Waals surface area contributed by atoms with E-state index in [1.54, 1.807) is 0 Å². The fourth-order valence-electron chi connectivity index (χ4n) is 1.78. The topological polar surface area (TPSA) is 15.8 Å². The zero-order valence-corrected chi connectivity index (χ0v) is 9.11. The lowest BCUT2D eigenvalue weighted by Crippen LogP contribution is -1.86. The molecule has 74 valence electrons. The highest BCUT2D eigenvalue weighted by atomic mass is 14.7. The maximum absolute atomic E-state index is 3.35. The molecule has 0 aliphatic carbocycles. The fourth-order valence-corrected chi connectivity index (χ4v) is 1.78. The summed E-state index contributed by atoms with van der Waals surface area (Å²) in [6, 6.07) is 2.28. The molecule has 0 unspecified atom stereocenters. The Kier molecular flexibility index (Phi) is 4.07. The monoisotopic (exact) mass is 179 g/mol. The summed E-state index contributed by atoms with van der Waals surface area (Å²) in [5, 5.41) is 0. The Labute approximate surface area is 81.6 Å². The fraction of sp³-hybridized carbons (Fsp3) is 0.667. The van der Waals surface area contributed by atoms with Crippen LogP contribution in [0, 0.1) is 13.8 Å². The van der Waals surface area contributed by atoms with Crippen molar-refractivity contribution in [2.24, 2.45) is 0 Å². The van der Waals surface area contributed by atoms with Crippen LogP contribution in [-0.4, -0.2) is 4.98 Å². The molecule has 1 aromatic rings. The zero-order valence-electron chi connectivity index (χ0n) is 9.11. The summed E-state index contributed by atoms with van der Waals surface area (Å²) in [6.45, 7) is 6.55. The Balaban J connectivity index is 2.32. The molecule has 13 heavy (non-hydrogen) atoms. The summed E-state index contributed by atoms with van der Waals surface area (Å²) < 4.78 is 0. The van der Waals surface area contributed by atoms with Gasteiger partial charge in [0.1, 0.15) is 0 Å². The minimum atomic E-state index is 1.25. The molecule has 0 amide bonds. The van der Waals surface area contributed by atoms with Gasteiger partial charge < -0.3 is 4.98 Å². The van der Waals surface area contributed by atoms with Gasteiger partial charge in [0, 0.05) is 11.4 Å². The summed E-state index contributed by atoms with van der Waals surface area (Å²) in [4.78, 5) is 3.35. The molecule has 0 aliphatic heterocycles. The molecule has 0 bridgehead atoms. The van der Waals surface area contributed by atoms with Crippen LogP contribution in [0.1, 0.15) is 49.6 Å². The van der Waals surface area contributed by atoms with Crippen molar-refractivity contribution < 1.29 is 0 Å². The number of unbranched alkanes of at least 4 members (excludes halogenated alkanes) is 3. The van der Waals surface area contributed by atoms with Gasteiger partial charge in [-0.3, -0.25) is 0 Å². The van der Waals surface area contributed by atoms with Crippen molar-refractivity contribution in [1.29, 1.82) is 0 Å². The molecule has 0 fully saturated rings. The number of rotatable bonds is 5. The van der Waals surface area contributed by atoms with E-state index in [0.717, 1.165) is 0 Å². The number of hydrogen-bond acceptors (Lipinski definition) is 0.